The lowest BCUT2D eigenvalue weighted by Crippen LogP contribution is -2.53. The van der Waals surface area contributed by atoms with Crippen molar-refractivity contribution in [2.45, 2.75) is 36.6 Å². The molecular formula is C14H22N2O7. The van der Waals surface area contributed by atoms with Gasteiger partial charge in [-0.25, -0.2) is 0 Å². The number of benzene rings is 1. The fourth-order valence-corrected chi connectivity index (χ4v) is 1.73. The largest absolute Gasteiger partial charge is 0.394 e. The summed E-state index contributed by atoms with van der Waals surface area (Å²) in [6.07, 6.45) is -10.1. The molecule has 0 amide bonds. The van der Waals surface area contributed by atoms with Crippen molar-refractivity contribution in [3.8, 4) is 0 Å². The van der Waals surface area contributed by atoms with Crippen LogP contribution in [0.15, 0.2) is 35.4 Å². The van der Waals surface area contributed by atoms with Crippen molar-refractivity contribution in [1.82, 2.24) is 0 Å². The van der Waals surface area contributed by atoms with Crippen molar-refractivity contribution >= 4 is 11.9 Å². The van der Waals surface area contributed by atoms with Crippen molar-refractivity contribution in [3.63, 3.8) is 0 Å². The molecule has 0 saturated carbocycles. The molecule has 0 heterocycles. The third kappa shape index (κ3) is 5.84. The topological polar surface area (TPSA) is 166 Å². The van der Waals surface area contributed by atoms with E-state index in [-0.39, 0.29) is 0 Å². The highest BCUT2D eigenvalue weighted by Gasteiger charge is 2.36. The standard InChI is InChI=1S/C14H22N2O7/c17-7-10(19)12(21)14(23)13(22)11(20)9(18)6-15-16-8-4-2-1-3-5-8/h1-6,9-14,16-23H,7H2/b15-6+. The number of aliphatic hydroxyl groups excluding tert-OH is 7. The Labute approximate surface area is 132 Å². The molecule has 9 heteroatoms. The monoisotopic (exact) mass is 330 g/mol. The second-order valence-corrected chi connectivity index (χ2v) is 4.96. The number of hydrazone groups is 1. The number of hydrogen-bond acceptors (Lipinski definition) is 9. The van der Waals surface area contributed by atoms with Crippen LogP contribution in [0.4, 0.5) is 5.69 Å². The van der Waals surface area contributed by atoms with Crippen molar-refractivity contribution in [2.24, 2.45) is 5.10 Å². The molecule has 0 radical (unpaired) electrons. The highest BCUT2D eigenvalue weighted by atomic mass is 16.4. The molecule has 8 N–H and O–H groups in total. The van der Waals surface area contributed by atoms with E-state index in [1.54, 1.807) is 30.3 Å². The number of nitrogens with one attached hydrogen (secondary N) is 1. The van der Waals surface area contributed by atoms with Crippen LogP contribution in [0, 0.1) is 0 Å². The molecule has 1 rings (SSSR count). The molecule has 0 aliphatic heterocycles. The maximum atomic E-state index is 9.72. The zero-order valence-corrected chi connectivity index (χ0v) is 12.2. The zero-order valence-electron chi connectivity index (χ0n) is 12.2. The van der Waals surface area contributed by atoms with Crippen LogP contribution < -0.4 is 5.43 Å². The van der Waals surface area contributed by atoms with Crippen molar-refractivity contribution in [3.05, 3.63) is 30.3 Å². The number of para-hydroxylation sites is 1. The number of hydrogen-bond donors (Lipinski definition) is 8. The number of rotatable bonds is 9. The van der Waals surface area contributed by atoms with Gasteiger partial charge in [0.1, 0.15) is 36.6 Å². The molecular weight excluding hydrogens is 308 g/mol. The van der Waals surface area contributed by atoms with E-state index in [2.05, 4.69) is 10.5 Å². The van der Waals surface area contributed by atoms with Crippen LogP contribution in [0.3, 0.4) is 0 Å². The van der Waals surface area contributed by atoms with Crippen LogP contribution in [0.25, 0.3) is 0 Å². The summed E-state index contributed by atoms with van der Waals surface area (Å²) >= 11 is 0. The quantitative estimate of drug-likeness (QED) is 0.178. The summed E-state index contributed by atoms with van der Waals surface area (Å²) in [4.78, 5) is 0. The third-order valence-electron chi connectivity index (χ3n) is 3.18. The van der Waals surface area contributed by atoms with Crippen LogP contribution >= 0.6 is 0 Å². The molecule has 0 aliphatic rings. The minimum Gasteiger partial charge on any atom is -0.394 e. The molecule has 0 saturated heterocycles. The Morgan fingerprint density at radius 2 is 1.43 bits per heavy atom. The summed E-state index contributed by atoms with van der Waals surface area (Å²) in [5.74, 6) is 0. The second-order valence-electron chi connectivity index (χ2n) is 4.96. The van der Waals surface area contributed by atoms with E-state index in [0.29, 0.717) is 5.69 Å². The predicted molar refractivity (Wildman–Crippen MR) is 81.7 cm³/mol. The van der Waals surface area contributed by atoms with Gasteiger partial charge in [0.15, 0.2) is 0 Å². The smallest absolute Gasteiger partial charge is 0.119 e. The molecule has 130 valence electrons. The van der Waals surface area contributed by atoms with Gasteiger partial charge in [-0.1, -0.05) is 18.2 Å². The lowest BCUT2D eigenvalue weighted by molar-refractivity contribution is -0.150. The lowest BCUT2D eigenvalue weighted by atomic mass is 9.97. The van der Waals surface area contributed by atoms with Crippen LogP contribution in [0.1, 0.15) is 0 Å². The molecule has 23 heavy (non-hydrogen) atoms. The number of anilines is 1. The Kier molecular flexibility index (Phi) is 8.06. The van der Waals surface area contributed by atoms with Gasteiger partial charge in [-0.2, -0.15) is 5.10 Å². The first kappa shape index (κ1) is 19.5. The summed E-state index contributed by atoms with van der Waals surface area (Å²) in [5, 5.41) is 69.7. The average Bonchev–Trinajstić information content (AvgIpc) is 2.59. The summed E-state index contributed by atoms with van der Waals surface area (Å²) in [6, 6.07) is 8.75. The van der Waals surface area contributed by atoms with Gasteiger partial charge in [0.25, 0.3) is 0 Å². The molecule has 6 atom stereocenters. The first-order chi connectivity index (χ1) is 10.9. The molecule has 0 bridgehead atoms. The highest BCUT2D eigenvalue weighted by Crippen LogP contribution is 2.11. The minimum absolute atomic E-state index is 0.632. The summed E-state index contributed by atoms with van der Waals surface area (Å²) in [6.45, 7) is -0.841. The maximum Gasteiger partial charge on any atom is 0.119 e. The second kappa shape index (κ2) is 9.53. The normalized spacial score (nSPS) is 19.8. The van der Waals surface area contributed by atoms with E-state index in [0.717, 1.165) is 6.21 Å². The molecule has 0 fully saturated rings. The van der Waals surface area contributed by atoms with Gasteiger partial charge in [-0.3, -0.25) is 5.43 Å². The number of aliphatic hydroxyl groups is 7. The van der Waals surface area contributed by atoms with E-state index in [9.17, 15) is 30.6 Å². The van der Waals surface area contributed by atoms with E-state index < -0.39 is 43.2 Å². The maximum absolute atomic E-state index is 9.72. The zero-order chi connectivity index (χ0) is 17.4. The van der Waals surface area contributed by atoms with E-state index in [1.807, 2.05) is 0 Å². The SMILES string of the molecule is OCC(O)C(O)C(O)C(O)C(O)C(O)/C=N/Nc1ccccc1. The Bertz CT molecular complexity index is 473. The molecule has 1 aromatic rings. The minimum atomic E-state index is -1.97. The Morgan fingerprint density at radius 3 is 2.00 bits per heavy atom. The van der Waals surface area contributed by atoms with Gasteiger partial charge in [-0.15, -0.1) is 0 Å². The van der Waals surface area contributed by atoms with Crippen molar-refractivity contribution in [2.75, 3.05) is 12.0 Å². The van der Waals surface area contributed by atoms with Gasteiger partial charge in [0.05, 0.1) is 18.5 Å². The van der Waals surface area contributed by atoms with Crippen molar-refractivity contribution in [1.29, 1.82) is 0 Å². The van der Waals surface area contributed by atoms with Crippen LogP contribution in [-0.2, 0) is 0 Å². The van der Waals surface area contributed by atoms with Crippen LogP contribution in [-0.4, -0.2) is 85.2 Å². The molecule has 0 spiro atoms. The summed E-state index contributed by atoms with van der Waals surface area (Å²) < 4.78 is 0. The third-order valence-corrected chi connectivity index (χ3v) is 3.18. The number of nitrogens with zero attached hydrogens (tertiary/aromatic N) is 1. The molecule has 9 nitrogen and oxygen atoms in total. The Hall–Kier alpha value is -1.59. The Balaban J connectivity index is 2.55. The predicted octanol–water partition coefficient (Wildman–Crippen LogP) is -2.76. The molecule has 1 aromatic carbocycles. The van der Waals surface area contributed by atoms with E-state index in [1.165, 1.54) is 0 Å². The van der Waals surface area contributed by atoms with Gasteiger partial charge >= 0.3 is 0 Å². The van der Waals surface area contributed by atoms with Crippen molar-refractivity contribution < 1.29 is 35.7 Å². The van der Waals surface area contributed by atoms with Gasteiger partial charge in [0.2, 0.25) is 0 Å². The fraction of sp³-hybridized carbons (Fsp3) is 0.500. The lowest BCUT2D eigenvalue weighted by Gasteiger charge is -2.29. The van der Waals surface area contributed by atoms with E-state index in [4.69, 9.17) is 5.11 Å². The van der Waals surface area contributed by atoms with Crippen LogP contribution in [0.2, 0.25) is 0 Å². The van der Waals surface area contributed by atoms with E-state index >= 15 is 0 Å². The molecule has 6 unspecified atom stereocenters. The first-order valence-electron chi connectivity index (χ1n) is 6.92. The molecule has 0 aromatic heterocycles. The van der Waals surface area contributed by atoms with Gasteiger partial charge < -0.3 is 35.7 Å². The highest BCUT2D eigenvalue weighted by molar-refractivity contribution is 5.65. The first-order valence-corrected chi connectivity index (χ1v) is 6.92. The molecule has 0 aliphatic carbocycles. The summed E-state index contributed by atoms with van der Waals surface area (Å²) in [5.41, 5.74) is 3.21. The van der Waals surface area contributed by atoms with Gasteiger partial charge in [-0.05, 0) is 12.1 Å². The summed E-state index contributed by atoms with van der Waals surface area (Å²) in [7, 11) is 0. The van der Waals surface area contributed by atoms with Gasteiger partial charge in [0, 0.05) is 0 Å². The van der Waals surface area contributed by atoms with Crippen LogP contribution in [0.5, 0.6) is 0 Å². The average molecular weight is 330 g/mol. The fourth-order valence-electron chi connectivity index (χ4n) is 1.73. The Morgan fingerprint density at radius 1 is 0.870 bits per heavy atom.